The van der Waals surface area contributed by atoms with Gasteiger partial charge >= 0.3 is 12.1 Å². The van der Waals surface area contributed by atoms with Crippen LogP contribution in [0.15, 0.2) is 84.9 Å². The van der Waals surface area contributed by atoms with Gasteiger partial charge in [-0.1, -0.05) is 86.6 Å². The second kappa shape index (κ2) is 14.3. The second-order valence-electron chi connectivity index (χ2n) is 10.3. The van der Waals surface area contributed by atoms with Gasteiger partial charge in [0.2, 0.25) is 0 Å². The molecule has 1 aliphatic heterocycles. The lowest BCUT2D eigenvalue weighted by Crippen LogP contribution is -2.44. The number of alkyl halides is 3. The van der Waals surface area contributed by atoms with Crippen molar-refractivity contribution < 1.29 is 32.9 Å². The number of likely N-dealkylation sites (tertiary alicyclic amines) is 1. The van der Waals surface area contributed by atoms with E-state index in [-0.39, 0.29) is 5.92 Å². The van der Waals surface area contributed by atoms with Crippen molar-refractivity contribution in [1.29, 1.82) is 0 Å². The predicted octanol–water partition coefficient (Wildman–Crippen LogP) is 6.86. The predicted molar refractivity (Wildman–Crippen MR) is 149 cm³/mol. The van der Waals surface area contributed by atoms with E-state index in [1.807, 2.05) is 36.4 Å². The summed E-state index contributed by atoms with van der Waals surface area (Å²) in [4.78, 5) is 11.4. The Bertz CT molecular complexity index is 1120. The number of carboxylic acid groups (broad SMARTS) is 1. The van der Waals surface area contributed by atoms with Crippen LogP contribution in [-0.4, -0.2) is 53.5 Å². The molecule has 0 unspecified atom stereocenters. The van der Waals surface area contributed by atoms with Crippen LogP contribution >= 0.6 is 0 Å². The Labute approximate surface area is 234 Å². The minimum atomic E-state index is -5.08. The first-order valence-corrected chi connectivity index (χ1v) is 13.6. The largest absolute Gasteiger partial charge is 0.494 e. The molecule has 0 bridgehead atoms. The summed E-state index contributed by atoms with van der Waals surface area (Å²) in [6, 6.07) is 28.8. The third kappa shape index (κ3) is 8.57. The molecule has 0 aromatic heterocycles. The molecule has 3 aromatic rings. The number of halogens is 3. The van der Waals surface area contributed by atoms with Gasteiger partial charge in [-0.25, -0.2) is 4.79 Å². The van der Waals surface area contributed by atoms with Crippen molar-refractivity contribution in [2.24, 2.45) is 5.92 Å². The first-order valence-electron chi connectivity index (χ1n) is 13.6. The van der Waals surface area contributed by atoms with Crippen molar-refractivity contribution in [3.63, 3.8) is 0 Å². The van der Waals surface area contributed by atoms with Gasteiger partial charge in [-0.05, 0) is 73.0 Å². The molecule has 0 amide bonds. The molecule has 1 aliphatic rings. The SMILES string of the molecule is CC(C)c1ccc(OCCCN2CCC(C(O)(c3ccccc3)c3ccccc3)CC2)cc1.O=C(O)C(F)(F)F. The van der Waals surface area contributed by atoms with E-state index >= 15 is 0 Å². The normalized spacial score (nSPS) is 14.9. The van der Waals surface area contributed by atoms with Crippen LogP contribution in [0, 0.1) is 5.92 Å². The quantitative estimate of drug-likeness (QED) is 0.281. The van der Waals surface area contributed by atoms with E-state index in [2.05, 4.69) is 67.3 Å². The highest BCUT2D eigenvalue weighted by Crippen LogP contribution is 2.41. The van der Waals surface area contributed by atoms with Gasteiger partial charge in [0.05, 0.1) is 6.61 Å². The molecule has 2 N–H and O–H groups in total. The number of nitrogens with zero attached hydrogens (tertiary/aromatic N) is 1. The smallest absolute Gasteiger partial charge is 0.490 e. The van der Waals surface area contributed by atoms with Crippen molar-refractivity contribution in [3.8, 4) is 5.75 Å². The Morgan fingerprint density at radius 2 is 1.38 bits per heavy atom. The highest BCUT2D eigenvalue weighted by Gasteiger charge is 2.41. The lowest BCUT2D eigenvalue weighted by atomic mass is 9.72. The Kier molecular flexibility index (Phi) is 11.2. The zero-order valence-electron chi connectivity index (χ0n) is 23.0. The molecular weight excluding hydrogens is 519 g/mol. The first-order chi connectivity index (χ1) is 19.0. The number of benzene rings is 3. The van der Waals surface area contributed by atoms with Gasteiger partial charge in [0, 0.05) is 6.54 Å². The van der Waals surface area contributed by atoms with E-state index in [4.69, 9.17) is 14.6 Å². The standard InChI is InChI=1S/C30H37NO2.C2HF3O2/c1-24(2)25-14-16-29(17-15-25)33-23-9-20-31-21-18-28(19-22-31)30(32,26-10-5-3-6-11-26)27-12-7-4-8-13-27;3-2(4,5)1(6)7/h3-8,10-17,24,28,32H,9,18-23H2,1-2H3;(H,6,7). The molecule has 0 radical (unpaired) electrons. The molecule has 0 saturated carbocycles. The zero-order chi connectivity index (χ0) is 29.2. The third-order valence-electron chi connectivity index (χ3n) is 7.28. The van der Waals surface area contributed by atoms with Gasteiger partial charge < -0.3 is 19.8 Å². The minimum Gasteiger partial charge on any atom is -0.494 e. The minimum absolute atomic E-state index is 0.203. The molecule has 8 heteroatoms. The van der Waals surface area contributed by atoms with Gasteiger partial charge in [0.15, 0.2) is 0 Å². The van der Waals surface area contributed by atoms with E-state index in [1.54, 1.807) is 0 Å². The molecule has 0 spiro atoms. The lowest BCUT2D eigenvalue weighted by Gasteiger charge is -2.42. The molecule has 216 valence electrons. The highest BCUT2D eigenvalue weighted by atomic mass is 19.4. The Hall–Kier alpha value is -3.36. The summed E-state index contributed by atoms with van der Waals surface area (Å²) in [5.74, 6) is -1.06. The fourth-order valence-corrected chi connectivity index (χ4v) is 5.02. The van der Waals surface area contributed by atoms with Crippen molar-refractivity contribution in [2.75, 3.05) is 26.2 Å². The molecule has 5 nitrogen and oxygen atoms in total. The maximum absolute atomic E-state index is 12.0. The molecule has 40 heavy (non-hydrogen) atoms. The van der Waals surface area contributed by atoms with E-state index in [9.17, 15) is 18.3 Å². The fraction of sp³-hybridized carbons (Fsp3) is 0.406. The summed E-state index contributed by atoms with van der Waals surface area (Å²) >= 11 is 0. The molecule has 3 aromatic carbocycles. The maximum atomic E-state index is 12.0. The molecule has 0 aliphatic carbocycles. The second-order valence-corrected chi connectivity index (χ2v) is 10.3. The van der Waals surface area contributed by atoms with E-state index in [0.29, 0.717) is 5.92 Å². The molecule has 1 saturated heterocycles. The molecule has 1 heterocycles. The summed E-state index contributed by atoms with van der Waals surface area (Å²) in [6.45, 7) is 8.20. The maximum Gasteiger partial charge on any atom is 0.490 e. The monoisotopic (exact) mass is 557 g/mol. The van der Waals surface area contributed by atoms with Crippen LogP contribution in [0.25, 0.3) is 0 Å². The molecular formula is C32H38F3NO4. The number of carbonyl (C=O) groups is 1. The van der Waals surface area contributed by atoms with Gasteiger partial charge in [0.25, 0.3) is 0 Å². The van der Waals surface area contributed by atoms with Crippen LogP contribution in [-0.2, 0) is 10.4 Å². The Balaban J connectivity index is 0.000000559. The van der Waals surface area contributed by atoms with Crippen LogP contribution in [0.4, 0.5) is 13.2 Å². The summed E-state index contributed by atoms with van der Waals surface area (Å²) in [5.41, 5.74) is 2.38. The zero-order valence-corrected chi connectivity index (χ0v) is 23.0. The van der Waals surface area contributed by atoms with Crippen LogP contribution in [0.5, 0.6) is 5.75 Å². The van der Waals surface area contributed by atoms with Crippen LogP contribution in [0.3, 0.4) is 0 Å². The van der Waals surface area contributed by atoms with Gasteiger partial charge in [0.1, 0.15) is 11.4 Å². The highest BCUT2D eigenvalue weighted by molar-refractivity contribution is 5.73. The van der Waals surface area contributed by atoms with Crippen LogP contribution in [0.2, 0.25) is 0 Å². The van der Waals surface area contributed by atoms with E-state index < -0.39 is 17.7 Å². The molecule has 0 atom stereocenters. The lowest BCUT2D eigenvalue weighted by molar-refractivity contribution is -0.192. The average molecular weight is 558 g/mol. The number of aliphatic hydroxyl groups is 1. The van der Waals surface area contributed by atoms with Crippen LogP contribution < -0.4 is 4.74 Å². The fourth-order valence-electron chi connectivity index (χ4n) is 5.02. The number of rotatable bonds is 9. The van der Waals surface area contributed by atoms with Gasteiger partial charge in [-0.15, -0.1) is 0 Å². The van der Waals surface area contributed by atoms with Gasteiger partial charge in [-0.2, -0.15) is 13.2 Å². The van der Waals surface area contributed by atoms with Crippen molar-refractivity contribution in [2.45, 2.75) is 50.8 Å². The van der Waals surface area contributed by atoms with Gasteiger partial charge in [-0.3, -0.25) is 0 Å². The summed E-state index contributed by atoms with van der Waals surface area (Å²) in [6.07, 6.45) is -2.10. The Morgan fingerprint density at radius 3 is 1.80 bits per heavy atom. The summed E-state index contributed by atoms with van der Waals surface area (Å²) < 4.78 is 37.7. The van der Waals surface area contributed by atoms with E-state index in [1.165, 1.54) is 5.56 Å². The summed E-state index contributed by atoms with van der Waals surface area (Å²) in [5, 5.41) is 19.1. The number of aliphatic carboxylic acids is 1. The topological polar surface area (TPSA) is 70.0 Å². The number of hydrogen-bond acceptors (Lipinski definition) is 4. The summed E-state index contributed by atoms with van der Waals surface area (Å²) in [7, 11) is 0. The number of piperidine rings is 1. The third-order valence-corrected chi connectivity index (χ3v) is 7.28. The van der Waals surface area contributed by atoms with Crippen molar-refractivity contribution >= 4 is 5.97 Å². The average Bonchev–Trinajstić information content (AvgIpc) is 2.96. The Morgan fingerprint density at radius 1 is 0.900 bits per heavy atom. The van der Waals surface area contributed by atoms with Crippen molar-refractivity contribution in [3.05, 3.63) is 102 Å². The number of ether oxygens (including phenoxy) is 1. The molecule has 4 rings (SSSR count). The van der Waals surface area contributed by atoms with Crippen molar-refractivity contribution in [1.82, 2.24) is 4.90 Å². The molecule has 1 fully saturated rings. The van der Waals surface area contributed by atoms with E-state index in [0.717, 1.165) is 62.4 Å². The number of hydrogen-bond donors (Lipinski definition) is 2. The van der Waals surface area contributed by atoms with Crippen LogP contribution in [0.1, 0.15) is 55.7 Å². The first kappa shape index (κ1) is 31.2. The number of carboxylic acids is 1.